The van der Waals surface area contributed by atoms with Gasteiger partial charge in [0.15, 0.2) is 0 Å². The molecule has 1 saturated heterocycles. The lowest BCUT2D eigenvalue weighted by molar-refractivity contribution is 0.107. The molecule has 2 heterocycles. The second kappa shape index (κ2) is 7.87. The highest BCUT2D eigenvalue weighted by molar-refractivity contribution is 5.66. The third-order valence-electron chi connectivity index (χ3n) is 5.96. The number of aryl methyl sites for hydroxylation is 1. The van der Waals surface area contributed by atoms with Crippen LogP contribution in [0.25, 0.3) is 11.1 Å². The minimum absolute atomic E-state index is 0.152. The van der Waals surface area contributed by atoms with Gasteiger partial charge in [0.2, 0.25) is 0 Å². The molecule has 0 bridgehead atoms. The van der Waals surface area contributed by atoms with Crippen molar-refractivity contribution in [3.05, 3.63) is 65.9 Å². The average molecular weight is 363 g/mol. The molecule has 0 N–H and O–H groups in total. The van der Waals surface area contributed by atoms with Gasteiger partial charge in [-0.3, -0.25) is 4.84 Å². The van der Waals surface area contributed by atoms with Crippen LogP contribution in [0.1, 0.15) is 38.7 Å². The summed E-state index contributed by atoms with van der Waals surface area (Å²) in [5.74, 6) is 0. The molecule has 0 aliphatic carbocycles. The number of hydrogen-bond donors (Lipinski definition) is 0. The first kappa shape index (κ1) is 18.3. The number of likely N-dealkylation sites (tertiary alicyclic amines) is 1. The van der Waals surface area contributed by atoms with Crippen LogP contribution in [0.4, 0.5) is 5.69 Å². The van der Waals surface area contributed by atoms with Gasteiger partial charge >= 0.3 is 0 Å². The van der Waals surface area contributed by atoms with Crippen molar-refractivity contribution in [1.29, 1.82) is 0 Å². The quantitative estimate of drug-likeness (QED) is 0.692. The molecule has 0 radical (unpaired) electrons. The van der Waals surface area contributed by atoms with E-state index in [9.17, 15) is 0 Å². The van der Waals surface area contributed by atoms with Crippen LogP contribution in [0.15, 0.2) is 60.3 Å². The van der Waals surface area contributed by atoms with Gasteiger partial charge in [0.05, 0.1) is 5.69 Å². The van der Waals surface area contributed by atoms with Crippen LogP contribution in [0.5, 0.6) is 0 Å². The monoisotopic (exact) mass is 362 g/mol. The van der Waals surface area contributed by atoms with Crippen molar-refractivity contribution in [2.24, 2.45) is 0 Å². The molecule has 142 valence electrons. The topological polar surface area (TPSA) is 15.7 Å². The van der Waals surface area contributed by atoms with Crippen molar-refractivity contribution < 1.29 is 4.84 Å². The summed E-state index contributed by atoms with van der Waals surface area (Å²) in [6.45, 7) is 9.00. The Hall–Kier alpha value is -2.10. The summed E-state index contributed by atoms with van der Waals surface area (Å²) in [4.78, 5) is 8.69. The number of rotatable bonds is 5. The fraction of sp³-hybridized carbons (Fsp3) is 0.417. The molecule has 2 aliphatic heterocycles. The molecule has 0 amide bonds. The van der Waals surface area contributed by atoms with Crippen molar-refractivity contribution in [1.82, 2.24) is 4.90 Å². The maximum absolute atomic E-state index is 6.09. The van der Waals surface area contributed by atoms with Crippen LogP contribution in [0.3, 0.4) is 0 Å². The van der Waals surface area contributed by atoms with E-state index in [0.717, 1.165) is 24.7 Å². The Bertz CT molecular complexity index is 794. The predicted octanol–water partition coefficient (Wildman–Crippen LogP) is 5.56. The molecular weight excluding hydrogens is 332 g/mol. The van der Waals surface area contributed by atoms with E-state index in [0.29, 0.717) is 0 Å². The van der Waals surface area contributed by atoms with E-state index in [-0.39, 0.29) is 6.10 Å². The molecule has 0 spiro atoms. The summed E-state index contributed by atoms with van der Waals surface area (Å²) in [6.07, 6.45) is 6.10. The van der Waals surface area contributed by atoms with Crippen LogP contribution in [-0.4, -0.2) is 30.1 Å². The molecule has 0 saturated carbocycles. The molecular formula is C24H30N2O. The van der Waals surface area contributed by atoms with Gasteiger partial charge in [-0.1, -0.05) is 42.0 Å². The third-order valence-corrected chi connectivity index (χ3v) is 5.96. The molecule has 2 aromatic rings. The van der Waals surface area contributed by atoms with Crippen molar-refractivity contribution in [3.8, 4) is 11.1 Å². The van der Waals surface area contributed by atoms with E-state index in [4.69, 9.17) is 4.84 Å². The summed E-state index contributed by atoms with van der Waals surface area (Å²) in [5, 5.41) is 1.94. The van der Waals surface area contributed by atoms with Gasteiger partial charge in [0.1, 0.15) is 6.10 Å². The van der Waals surface area contributed by atoms with E-state index in [1.165, 1.54) is 41.6 Å². The zero-order valence-corrected chi connectivity index (χ0v) is 16.7. The van der Waals surface area contributed by atoms with Crippen LogP contribution in [0.2, 0.25) is 0 Å². The number of benzene rings is 2. The van der Waals surface area contributed by atoms with Gasteiger partial charge in [-0.2, -0.15) is 0 Å². The lowest BCUT2D eigenvalue weighted by Crippen LogP contribution is -2.28. The van der Waals surface area contributed by atoms with Gasteiger partial charge < -0.3 is 4.90 Å². The molecule has 4 rings (SSSR count). The summed E-state index contributed by atoms with van der Waals surface area (Å²) >= 11 is 0. The first-order valence-electron chi connectivity index (χ1n) is 10.2. The molecule has 3 heteroatoms. The fourth-order valence-corrected chi connectivity index (χ4v) is 4.07. The minimum atomic E-state index is 0.152. The van der Waals surface area contributed by atoms with E-state index in [1.807, 2.05) is 5.06 Å². The van der Waals surface area contributed by atoms with Crippen molar-refractivity contribution in [2.45, 2.75) is 52.2 Å². The van der Waals surface area contributed by atoms with Gasteiger partial charge in [-0.05, 0) is 75.4 Å². The smallest absolute Gasteiger partial charge is 0.106 e. The third kappa shape index (κ3) is 4.10. The Morgan fingerprint density at radius 2 is 1.63 bits per heavy atom. The SMILES string of the molecule is Cc1ccc(-c2ccc(N3C=C(CCN4CCC[C@H]4C)C(C)O3)cc2)cc1. The standard InChI is InChI=1S/C24H30N2O/c1-18-6-8-21(9-7-18)22-10-12-24(13-11-22)26-17-23(20(3)27-26)14-16-25-15-4-5-19(25)2/h6-13,17,19-20H,4-5,14-16H2,1-3H3/t19-,20?/m1/s1. The molecule has 2 aliphatic rings. The molecule has 0 aromatic heterocycles. The first-order valence-corrected chi connectivity index (χ1v) is 10.2. The summed E-state index contributed by atoms with van der Waals surface area (Å²) in [7, 11) is 0. The largest absolute Gasteiger partial charge is 0.300 e. The van der Waals surface area contributed by atoms with Gasteiger partial charge in [0, 0.05) is 18.8 Å². The normalized spacial score (nSPS) is 23.1. The van der Waals surface area contributed by atoms with Gasteiger partial charge in [-0.25, -0.2) is 5.06 Å². The number of anilines is 1. The molecule has 1 unspecified atom stereocenters. The van der Waals surface area contributed by atoms with Crippen molar-refractivity contribution >= 4 is 5.69 Å². The van der Waals surface area contributed by atoms with E-state index in [2.05, 4.69) is 80.4 Å². The highest BCUT2D eigenvalue weighted by Crippen LogP contribution is 2.30. The Balaban J connectivity index is 1.42. The lowest BCUT2D eigenvalue weighted by Gasteiger charge is -2.21. The van der Waals surface area contributed by atoms with Crippen molar-refractivity contribution in [2.75, 3.05) is 18.2 Å². The van der Waals surface area contributed by atoms with Crippen molar-refractivity contribution in [3.63, 3.8) is 0 Å². The van der Waals surface area contributed by atoms with Crippen LogP contribution >= 0.6 is 0 Å². The second-order valence-electron chi connectivity index (χ2n) is 7.97. The van der Waals surface area contributed by atoms with E-state index < -0.39 is 0 Å². The maximum Gasteiger partial charge on any atom is 0.106 e. The molecule has 2 atom stereocenters. The Labute approximate surface area is 163 Å². The van der Waals surface area contributed by atoms with Gasteiger partial charge in [0.25, 0.3) is 0 Å². The van der Waals surface area contributed by atoms with Gasteiger partial charge in [-0.15, -0.1) is 0 Å². The molecule has 2 aromatic carbocycles. The van der Waals surface area contributed by atoms with E-state index >= 15 is 0 Å². The predicted molar refractivity (Wildman–Crippen MR) is 113 cm³/mol. The highest BCUT2D eigenvalue weighted by atomic mass is 16.7. The summed E-state index contributed by atoms with van der Waals surface area (Å²) in [6, 6.07) is 18.0. The summed E-state index contributed by atoms with van der Waals surface area (Å²) < 4.78 is 0. The van der Waals surface area contributed by atoms with E-state index in [1.54, 1.807) is 0 Å². The summed E-state index contributed by atoms with van der Waals surface area (Å²) in [5.41, 5.74) is 6.24. The fourth-order valence-electron chi connectivity index (χ4n) is 4.07. The molecule has 3 nitrogen and oxygen atoms in total. The number of hydroxylamine groups is 1. The number of nitrogens with zero attached hydrogens (tertiary/aromatic N) is 2. The van der Waals surface area contributed by atoms with Crippen LogP contribution in [-0.2, 0) is 4.84 Å². The zero-order chi connectivity index (χ0) is 18.8. The maximum atomic E-state index is 6.09. The minimum Gasteiger partial charge on any atom is -0.300 e. The second-order valence-corrected chi connectivity index (χ2v) is 7.97. The lowest BCUT2D eigenvalue weighted by atomic mass is 10.0. The average Bonchev–Trinajstić information content (AvgIpc) is 3.26. The highest BCUT2D eigenvalue weighted by Gasteiger charge is 2.25. The molecule has 1 fully saturated rings. The zero-order valence-electron chi connectivity index (χ0n) is 16.7. The molecule has 27 heavy (non-hydrogen) atoms. The van der Waals surface area contributed by atoms with Crippen LogP contribution < -0.4 is 5.06 Å². The Kier molecular flexibility index (Phi) is 5.33. The Morgan fingerprint density at radius 1 is 0.963 bits per heavy atom. The first-order chi connectivity index (χ1) is 13.1. The number of hydrogen-bond acceptors (Lipinski definition) is 3. The van der Waals surface area contributed by atoms with Crippen LogP contribution in [0, 0.1) is 6.92 Å². The Morgan fingerprint density at radius 3 is 2.26 bits per heavy atom.